The van der Waals surface area contributed by atoms with E-state index in [-0.39, 0.29) is 16.1 Å². The number of aryl methyl sites for hydroxylation is 2. The summed E-state index contributed by atoms with van der Waals surface area (Å²) in [5.74, 6) is -0.00769. The quantitative estimate of drug-likeness (QED) is 0.632. The Morgan fingerprint density at radius 3 is 2.03 bits per heavy atom. The number of rotatable bonds is 6. The van der Waals surface area contributed by atoms with Crippen molar-refractivity contribution in [1.29, 1.82) is 0 Å². The maximum absolute atomic E-state index is 12.9. The number of carbonyl (C=O) groups excluding carboxylic acids is 1. The Balaban J connectivity index is 1.93. The molecular formula is C22H22N2O4S. The fourth-order valence-electron chi connectivity index (χ4n) is 2.68. The van der Waals surface area contributed by atoms with Crippen LogP contribution in [0.5, 0.6) is 5.75 Å². The zero-order valence-corrected chi connectivity index (χ0v) is 17.2. The summed E-state index contributed by atoms with van der Waals surface area (Å²) in [5.41, 5.74) is 2.94. The third kappa shape index (κ3) is 4.94. The third-order valence-electron chi connectivity index (χ3n) is 4.36. The van der Waals surface area contributed by atoms with Gasteiger partial charge in [0.25, 0.3) is 15.9 Å². The number of ether oxygens (including phenoxy) is 1. The van der Waals surface area contributed by atoms with Crippen LogP contribution in [0, 0.1) is 13.8 Å². The van der Waals surface area contributed by atoms with E-state index < -0.39 is 15.9 Å². The lowest BCUT2D eigenvalue weighted by molar-refractivity contribution is 0.102. The lowest BCUT2D eigenvalue weighted by Gasteiger charge is -2.14. The Morgan fingerprint density at radius 2 is 1.45 bits per heavy atom. The first-order valence-corrected chi connectivity index (χ1v) is 10.4. The number of hydrogen-bond donors (Lipinski definition) is 2. The van der Waals surface area contributed by atoms with E-state index >= 15 is 0 Å². The number of benzene rings is 3. The molecule has 0 saturated carbocycles. The molecule has 0 heterocycles. The molecule has 0 saturated heterocycles. The van der Waals surface area contributed by atoms with E-state index in [1.165, 1.54) is 31.4 Å². The predicted octanol–water partition coefficient (Wildman–Crippen LogP) is 4.37. The highest BCUT2D eigenvalue weighted by atomic mass is 32.2. The van der Waals surface area contributed by atoms with Crippen LogP contribution in [0.25, 0.3) is 0 Å². The molecule has 150 valence electrons. The summed E-state index contributed by atoms with van der Waals surface area (Å²) in [5, 5.41) is 2.78. The third-order valence-corrected chi connectivity index (χ3v) is 5.74. The first-order valence-electron chi connectivity index (χ1n) is 8.94. The van der Waals surface area contributed by atoms with Crippen molar-refractivity contribution in [1.82, 2.24) is 0 Å². The maximum Gasteiger partial charge on any atom is 0.261 e. The van der Waals surface area contributed by atoms with Crippen molar-refractivity contribution in [2.75, 3.05) is 17.1 Å². The molecule has 0 fully saturated rings. The lowest BCUT2D eigenvalue weighted by atomic mass is 10.1. The average molecular weight is 410 g/mol. The van der Waals surface area contributed by atoms with E-state index in [2.05, 4.69) is 10.0 Å². The van der Waals surface area contributed by atoms with Crippen molar-refractivity contribution in [2.24, 2.45) is 0 Å². The topological polar surface area (TPSA) is 84.5 Å². The van der Waals surface area contributed by atoms with Gasteiger partial charge in [-0.2, -0.15) is 0 Å². The molecule has 0 bridgehead atoms. The molecular weight excluding hydrogens is 388 g/mol. The second-order valence-corrected chi connectivity index (χ2v) is 8.33. The zero-order chi connectivity index (χ0) is 21.0. The van der Waals surface area contributed by atoms with Gasteiger partial charge in [-0.25, -0.2) is 8.42 Å². The molecule has 0 radical (unpaired) electrons. The number of anilines is 2. The minimum absolute atomic E-state index is 0.115. The maximum atomic E-state index is 12.9. The Morgan fingerprint density at radius 1 is 0.862 bits per heavy atom. The monoisotopic (exact) mass is 410 g/mol. The zero-order valence-electron chi connectivity index (χ0n) is 16.4. The fourth-order valence-corrected chi connectivity index (χ4v) is 3.76. The number of amides is 1. The summed E-state index contributed by atoms with van der Waals surface area (Å²) >= 11 is 0. The second-order valence-electron chi connectivity index (χ2n) is 6.65. The van der Waals surface area contributed by atoms with Gasteiger partial charge in [0.15, 0.2) is 0 Å². The Labute approximate surface area is 170 Å². The highest BCUT2D eigenvalue weighted by Crippen LogP contribution is 2.26. The summed E-state index contributed by atoms with van der Waals surface area (Å²) in [6.07, 6.45) is 0. The summed E-state index contributed by atoms with van der Waals surface area (Å²) in [6, 6.07) is 18.4. The van der Waals surface area contributed by atoms with Gasteiger partial charge in [-0.05, 0) is 56.3 Å². The van der Waals surface area contributed by atoms with Crippen molar-refractivity contribution in [3.63, 3.8) is 0 Å². The van der Waals surface area contributed by atoms with Gasteiger partial charge in [0, 0.05) is 5.69 Å². The highest BCUT2D eigenvalue weighted by molar-refractivity contribution is 7.92. The summed E-state index contributed by atoms with van der Waals surface area (Å²) in [6.45, 7) is 3.83. The average Bonchev–Trinajstić information content (AvgIpc) is 2.70. The van der Waals surface area contributed by atoms with Crippen molar-refractivity contribution < 1.29 is 17.9 Å². The van der Waals surface area contributed by atoms with Crippen LogP contribution in [-0.4, -0.2) is 21.4 Å². The molecule has 0 aliphatic heterocycles. The molecule has 0 atom stereocenters. The summed E-state index contributed by atoms with van der Waals surface area (Å²) < 4.78 is 33.2. The van der Waals surface area contributed by atoms with Crippen LogP contribution in [0.3, 0.4) is 0 Å². The standard InChI is InChI=1S/C22H22N2O4S/c1-15-4-8-17(9-5-15)23-22(25)20-14-18(28-3)10-13-21(20)24-29(26,27)19-11-6-16(2)7-12-19/h4-14,24H,1-3H3,(H,23,25). The number of methoxy groups -OCH3 is 1. The molecule has 0 aliphatic rings. The van der Waals surface area contributed by atoms with Gasteiger partial charge >= 0.3 is 0 Å². The minimum atomic E-state index is -3.85. The molecule has 0 aliphatic carbocycles. The summed E-state index contributed by atoms with van der Waals surface area (Å²) in [4.78, 5) is 13.0. The van der Waals surface area contributed by atoms with Gasteiger partial charge in [0.05, 0.1) is 23.3 Å². The minimum Gasteiger partial charge on any atom is -0.497 e. The number of carbonyl (C=O) groups is 1. The first kappa shape index (κ1) is 20.4. The molecule has 0 spiro atoms. The largest absolute Gasteiger partial charge is 0.497 e. The van der Waals surface area contributed by atoms with Crippen LogP contribution in [0.2, 0.25) is 0 Å². The van der Waals surface area contributed by atoms with Crippen molar-refractivity contribution in [3.8, 4) is 5.75 Å². The molecule has 3 rings (SSSR count). The van der Waals surface area contributed by atoms with Crippen LogP contribution >= 0.6 is 0 Å². The van der Waals surface area contributed by atoms with Crippen molar-refractivity contribution in [2.45, 2.75) is 18.7 Å². The summed E-state index contributed by atoms with van der Waals surface area (Å²) in [7, 11) is -2.38. The van der Waals surface area contributed by atoms with Crippen LogP contribution in [0.15, 0.2) is 71.6 Å². The van der Waals surface area contributed by atoms with Crippen molar-refractivity contribution in [3.05, 3.63) is 83.4 Å². The Kier molecular flexibility index (Phi) is 5.89. The molecule has 0 aromatic heterocycles. The molecule has 3 aromatic carbocycles. The van der Waals surface area contributed by atoms with Gasteiger partial charge in [-0.1, -0.05) is 35.4 Å². The Hall–Kier alpha value is -3.32. The van der Waals surface area contributed by atoms with Gasteiger partial charge in [-0.15, -0.1) is 0 Å². The van der Waals surface area contributed by atoms with Crippen LogP contribution in [0.4, 0.5) is 11.4 Å². The van der Waals surface area contributed by atoms with Gasteiger partial charge in [0.1, 0.15) is 5.75 Å². The molecule has 0 unspecified atom stereocenters. The number of sulfonamides is 1. The molecule has 6 nitrogen and oxygen atoms in total. The van der Waals surface area contributed by atoms with Crippen molar-refractivity contribution >= 4 is 27.3 Å². The van der Waals surface area contributed by atoms with E-state index in [0.717, 1.165) is 11.1 Å². The van der Waals surface area contributed by atoms with E-state index in [9.17, 15) is 13.2 Å². The van der Waals surface area contributed by atoms with E-state index in [4.69, 9.17) is 4.74 Å². The van der Waals surface area contributed by atoms with Gasteiger partial charge in [-0.3, -0.25) is 9.52 Å². The lowest BCUT2D eigenvalue weighted by Crippen LogP contribution is -2.19. The number of hydrogen-bond acceptors (Lipinski definition) is 4. The fraction of sp³-hybridized carbons (Fsp3) is 0.136. The predicted molar refractivity (Wildman–Crippen MR) is 114 cm³/mol. The van der Waals surface area contributed by atoms with Crippen LogP contribution in [0.1, 0.15) is 21.5 Å². The molecule has 2 N–H and O–H groups in total. The van der Waals surface area contributed by atoms with Crippen LogP contribution in [-0.2, 0) is 10.0 Å². The second kappa shape index (κ2) is 8.36. The molecule has 3 aromatic rings. The smallest absolute Gasteiger partial charge is 0.261 e. The normalized spacial score (nSPS) is 11.0. The van der Waals surface area contributed by atoms with Crippen LogP contribution < -0.4 is 14.8 Å². The van der Waals surface area contributed by atoms with Gasteiger partial charge in [0.2, 0.25) is 0 Å². The highest BCUT2D eigenvalue weighted by Gasteiger charge is 2.20. The molecule has 7 heteroatoms. The molecule has 29 heavy (non-hydrogen) atoms. The van der Waals surface area contributed by atoms with E-state index in [1.54, 1.807) is 30.3 Å². The van der Waals surface area contributed by atoms with E-state index in [1.807, 2.05) is 26.0 Å². The van der Waals surface area contributed by atoms with E-state index in [0.29, 0.717) is 11.4 Å². The first-order chi connectivity index (χ1) is 13.8. The number of nitrogens with one attached hydrogen (secondary N) is 2. The SMILES string of the molecule is COc1ccc(NS(=O)(=O)c2ccc(C)cc2)c(C(=O)Nc2ccc(C)cc2)c1. The molecule has 1 amide bonds. The Bertz CT molecular complexity index is 1120. The van der Waals surface area contributed by atoms with Gasteiger partial charge < -0.3 is 10.1 Å².